The standard InChI is InChI=1S/C16H12N4O3/c1-10-2-7-14-13(8-10)15(16(21)18-14)19-17-9-11-3-5-12(6-4-11)20(22)23/h2-9H,1H3,(H,18,19,21). The molecule has 1 aliphatic rings. The van der Waals surface area contributed by atoms with Crippen LogP contribution in [0.1, 0.15) is 16.7 Å². The summed E-state index contributed by atoms with van der Waals surface area (Å²) in [6, 6.07) is 11.5. The minimum Gasteiger partial charge on any atom is -0.320 e. The van der Waals surface area contributed by atoms with E-state index in [1.165, 1.54) is 18.3 Å². The average Bonchev–Trinajstić information content (AvgIpc) is 2.83. The number of carbonyl (C=O) groups is 1. The number of nitrogens with one attached hydrogen (secondary N) is 1. The normalized spacial score (nSPS) is 15.0. The van der Waals surface area contributed by atoms with Crippen molar-refractivity contribution in [1.29, 1.82) is 0 Å². The number of nitro benzene ring substituents is 1. The third kappa shape index (κ3) is 2.98. The van der Waals surface area contributed by atoms with Gasteiger partial charge in [-0.3, -0.25) is 14.9 Å². The van der Waals surface area contributed by atoms with E-state index in [1.54, 1.807) is 12.1 Å². The predicted octanol–water partition coefficient (Wildman–Crippen LogP) is 2.68. The number of rotatable bonds is 3. The Morgan fingerprint density at radius 1 is 1.17 bits per heavy atom. The molecule has 0 bridgehead atoms. The van der Waals surface area contributed by atoms with Crippen molar-refractivity contribution >= 4 is 29.2 Å². The van der Waals surface area contributed by atoms with Gasteiger partial charge in [0.1, 0.15) is 0 Å². The van der Waals surface area contributed by atoms with Gasteiger partial charge in [-0.15, -0.1) is 5.10 Å². The number of aryl methyl sites for hydroxylation is 1. The lowest BCUT2D eigenvalue weighted by Crippen LogP contribution is -2.13. The highest BCUT2D eigenvalue weighted by molar-refractivity contribution is 6.53. The van der Waals surface area contributed by atoms with Crippen LogP contribution in [0.25, 0.3) is 0 Å². The Morgan fingerprint density at radius 3 is 2.61 bits per heavy atom. The van der Waals surface area contributed by atoms with E-state index in [2.05, 4.69) is 15.5 Å². The molecule has 2 aromatic carbocycles. The van der Waals surface area contributed by atoms with Crippen LogP contribution < -0.4 is 5.32 Å². The summed E-state index contributed by atoms with van der Waals surface area (Å²) in [4.78, 5) is 22.0. The number of hydrogen-bond acceptors (Lipinski definition) is 5. The molecule has 0 saturated heterocycles. The lowest BCUT2D eigenvalue weighted by Gasteiger charge is -1.97. The Hall–Kier alpha value is -3.35. The van der Waals surface area contributed by atoms with Gasteiger partial charge in [-0.1, -0.05) is 11.6 Å². The first-order valence-electron chi connectivity index (χ1n) is 6.82. The van der Waals surface area contributed by atoms with Crippen molar-refractivity contribution < 1.29 is 9.72 Å². The number of hydrogen-bond donors (Lipinski definition) is 1. The number of amides is 1. The van der Waals surface area contributed by atoms with Crippen molar-refractivity contribution in [2.45, 2.75) is 6.92 Å². The molecule has 0 aliphatic carbocycles. The van der Waals surface area contributed by atoms with Gasteiger partial charge in [0.05, 0.1) is 16.8 Å². The third-order valence-corrected chi connectivity index (χ3v) is 3.36. The maximum Gasteiger partial charge on any atom is 0.276 e. The lowest BCUT2D eigenvalue weighted by molar-refractivity contribution is -0.384. The number of nitro groups is 1. The van der Waals surface area contributed by atoms with E-state index in [9.17, 15) is 14.9 Å². The Bertz CT molecular complexity index is 854. The zero-order chi connectivity index (χ0) is 16.4. The van der Waals surface area contributed by atoms with E-state index in [1.807, 2.05) is 25.1 Å². The summed E-state index contributed by atoms with van der Waals surface area (Å²) in [6.45, 7) is 1.93. The molecular formula is C16H12N4O3. The van der Waals surface area contributed by atoms with Crippen molar-refractivity contribution in [2.24, 2.45) is 10.2 Å². The molecule has 1 heterocycles. The monoisotopic (exact) mass is 308 g/mol. The molecule has 1 N–H and O–H groups in total. The number of anilines is 1. The van der Waals surface area contributed by atoms with Crippen LogP contribution in [-0.4, -0.2) is 22.8 Å². The van der Waals surface area contributed by atoms with Gasteiger partial charge in [0.2, 0.25) is 0 Å². The molecule has 0 saturated carbocycles. The molecule has 1 amide bonds. The fourth-order valence-electron chi connectivity index (χ4n) is 2.20. The molecular weight excluding hydrogens is 296 g/mol. The smallest absolute Gasteiger partial charge is 0.276 e. The van der Waals surface area contributed by atoms with Gasteiger partial charge in [-0.05, 0) is 36.8 Å². The van der Waals surface area contributed by atoms with E-state index in [0.717, 1.165) is 11.1 Å². The minimum atomic E-state index is -0.469. The third-order valence-electron chi connectivity index (χ3n) is 3.36. The van der Waals surface area contributed by atoms with Gasteiger partial charge in [-0.25, -0.2) is 0 Å². The van der Waals surface area contributed by atoms with Crippen LogP contribution in [0.15, 0.2) is 52.7 Å². The Kier molecular flexibility index (Phi) is 3.68. The van der Waals surface area contributed by atoms with Crippen LogP contribution in [0.3, 0.4) is 0 Å². The summed E-state index contributed by atoms with van der Waals surface area (Å²) < 4.78 is 0. The summed E-state index contributed by atoms with van der Waals surface area (Å²) in [6.07, 6.45) is 1.44. The highest BCUT2D eigenvalue weighted by Crippen LogP contribution is 2.24. The largest absolute Gasteiger partial charge is 0.320 e. The van der Waals surface area contributed by atoms with Crippen LogP contribution in [0.5, 0.6) is 0 Å². The molecule has 0 fully saturated rings. The van der Waals surface area contributed by atoms with Crippen molar-refractivity contribution in [1.82, 2.24) is 0 Å². The summed E-state index contributed by atoms with van der Waals surface area (Å²) in [5.41, 5.74) is 3.37. The molecule has 0 aromatic heterocycles. The first-order chi connectivity index (χ1) is 11.0. The molecule has 7 heteroatoms. The number of nitrogens with zero attached hydrogens (tertiary/aromatic N) is 3. The van der Waals surface area contributed by atoms with Crippen molar-refractivity contribution in [3.8, 4) is 0 Å². The summed E-state index contributed by atoms with van der Waals surface area (Å²) in [7, 11) is 0. The molecule has 0 atom stereocenters. The second kappa shape index (κ2) is 5.80. The van der Waals surface area contributed by atoms with Gasteiger partial charge in [0.25, 0.3) is 11.6 Å². The Balaban J connectivity index is 1.84. The Labute approximate surface area is 131 Å². The zero-order valence-electron chi connectivity index (χ0n) is 12.2. The van der Waals surface area contributed by atoms with E-state index in [-0.39, 0.29) is 17.3 Å². The van der Waals surface area contributed by atoms with Crippen LogP contribution in [-0.2, 0) is 4.79 Å². The molecule has 0 unspecified atom stereocenters. The van der Waals surface area contributed by atoms with Gasteiger partial charge < -0.3 is 5.32 Å². The zero-order valence-corrected chi connectivity index (χ0v) is 12.2. The Morgan fingerprint density at radius 2 is 1.91 bits per heavy atom. The van der Waals surface area contributed by atoms with Gasteiger partial charge in [0.15, 0.2) is 5.71 Å². The van der Waals surface area contributed by atoms with Gasteiger partial charge >= 0.3 is 0 Å². The second-order valence-electron chi connectivity index (χ2n) is 5.04. The second-order valence-corrected chi connectivity index (χ2v) is 5.04. The number of benzene rings is 2. The average molecular weight is 308 g/mol. The molecule has 3 rings (SSSR count). The van der Waals surface area contributed by atoms with Crippen molar-refractivity contribution in [2.75, 3.05) is 5.32 Å². The van der Waals surface area contributed by atoms with Crippen LogP contribution in [0, 0.1) is 17.0 Å². The minimum absolute atomic E-state index is 0.00744. The number of fused-ring (bicyclic) bond motifs is 1. The molecule has 0 radical (unpaired) electrons. The van der Waals surface area contributed by atoms with Crippen LogP contribution >= 0.6 is 0 Å². The van der Waals surface area contributed by atoms with Crippen LogP contribution in [0.4, 0.5) is 11.4 Å². The predicted molar refractivity (Wildman–Crippen MR) is 87.0 cm³/mol. The molecule has 114 valence electrons. The van der Waals surface area contributed by atoms with E-state index < -0.39 is 4.92 Å². The maximum atomic E-state index is 11.9. The van der Waals surface area contributed by atoms with Gasteiger partial charge in [0, 0.05) is 17.7 Å². The summed E-state index contributed by atoms with van der Waals surface area (Å²) >= 11 is 0. The lowest BCUT2D eigenvalue weighted by atomic mass is 10.1. The van der Waals surface area contributed by atoms with E-state index in [4.69, 9.17) is 0 Å². The molecule has 0 spiro atoms. The molecule has 2 aromatic rings. The fraction of sp³-hybridized carbons (Fsp3) is 0.0625. The number of non-ortho nitro benzene ring substituents is 1. The van der Waals surface area contributed by atoms with Crippen LogP contribution in [0.2, 0.25) is 0 Å². The highest BCUT2D eigenvalue weighted by atomic mass is 16.6. The maximum absolute atomic E-state index is 11.9. The first kappa shape index (κ1) is 14.6. The molecule has 7 nitrogen and oxygen atoms in total. The van der Waals surface area contributed by atoms with Gasteiger partial charge in [-0.2, -0.15) is 5.10 Å². The van der Waals surface area contributed by atoms with Crippen molar-refractivity contribution in [3.63, 3.8) is 0 Å². The highest BCUT2D eigenvalue weighted by Gasteiger charge is 2.25. The quantitative estimate of drug-likeness (QED) is 0.536. The van der Waals surface area contributed by atoms with E-state index >= 15 is 0 Å². The van der Waals surface area contributed by atoms with Crippen molar-refractivity contribution in [3.05, 3.63) is 69.3 Å². The number of carbonyl (C=O) groups excluding carboxylic acids is 1. The topological polar surface area (TPSA) is 97.0 Å². The van der Waals surface area contributed by atoms with E-state index in [0.29, 0.717) is 11.3 Å². The SMILES string of the molecule is Cc1ccc2c(c1)C(=NN=Cc1ccc([N+](=O)[O-])cc1)C(=O)N2. The summed E-state index contributed by atoms with van der Waals surface area (Å²) in [5.74, 6) is -0.300. The fourth-order valence-corrected chi connectivity index (χ4v) is 2.20. The summed E-state index contributed by atoms with van der Waals surface area (Å²) in [5, 5.41) is 21.2. The first-order valence-corrected chi connectivity index (χ1v) is 6.82. The molecule has 23 heavy (non-hydrogen) atoms. The molecule has 1 aliphatic heterocycles.